The molecular weight excluding hydrogens is 330 g/mol. The second-order valence-electron chi connectivity index (χ2n) is 4.64. The first kappa shape index (κ1) is 17.2. The number of hydrogen-bond donors (Lipinski definition) is 1. The Kier molecular flexibility index (Phi) is 5.54. The van der Waals surface area contributed by atoms with E-state index in [0.29, 0.717) is 6.54 Å². The fraction of sp³-hybridized carbons (Fsp3) is 0.357. The third-order valence-electron chi connectivity index (χ3n) is 3.08. The molecule has 1 aliphatic rings. The number of halogens is 2. The Morgan fingerprint density at radius 3 is 2.65 bits per heavy atom. The molecule has 0 saturated carbocycles. The lowest BCUT2D eigenvalue weighted by Gasteiger charge is -2.18. The molecule has 1 aliphatic heterocycles. The lowest BCUT2D eigenvalue weighted by molar-refractivity contribution is -0.136. The molecule has 9 heteroatoms. The summed E-state index contributed by atoms with van der Waals surface area (Å²) in [5.74, 6) is -4.24. The van der Waals surface area contributed by atoms with E-state index < -0.39 is 29.8 Å². The van der Waals surface area contributed by atoms with Gasteiger partial charge in [-0.2, -0.15) is 8.78 Å². The van der Waals surface area contributed by atoms with Crippen LogP contribution < -0.4 is 5.32 Å². The van der Waals surface area contributed by atoms with Crippen LogP contribution >= 0.6 is 11.8 Å². The van der Waals surface area contributed by atoms with Gasteiger partial charge in [-0.25, -0.2) is 9.59 Å². The number of rotatable bonds is 5. The summed E-state index contributed by atoms with van der Waals surface area (Å²) in [4.78, 5) is 36.6. The minimum absolute atomic E-state index is 0.0525. The Hall–Kier alpha value is -2.16. The molecule has 3 amide bonds. The van der Waals surface area contributed by atoms with E-state index >= 15 is 0 Å². The summed E-state index contributed by atoms with van der Waals surface area (Å²) in [5.41, 5.74) is -0.0525. The Labute approximate surface area is 135 Å². The van der Waals surface area contributed by atoms with Crippen LogP contribution in [0.4, 0.5) is 13.6 Å². The van der Waals surface area contributed by atoms with Crippen molar-refractivity contribution in [1.82, 2.24) is 10.2 Å². The molecule has 2 rings (SSSR count). The number of alkyl halides is 2. The van der Waals surface area contributed by atoms with Crippen LogP contribution in [0.25, 0.3) is 0 Å². The highest BCUT2D eigenvalue weighted by molar-refractivity contribution is 7.99. The molecule has 1 atom stereocenters. The zero-order valence-electron chi connectivity index (χ0n) is 12.1. The zero-order valence-corrected chi connectivity index (χ0v) is 12.9. The van der Waals surface area contributed by atoms with Crippen LogP contribution in [0.15, 0.2) is 29.2 Å². The third kappa shape index (κ3) is 4.19. The molecule has 0 bridgehead atoms. The van der Waals surface area contributed by atoms with Crippen molar-refractivity contribution in [3.05, 3.63) is 29.8 Å². The number of nitrogens with zero attached hydrogens (tertiary/aromatic N) is 1. The molecule has 0 unspecified atom stereocenters. The van der Waals surface area contributed by atoms with Crippen molar-refractivity contribution in [3.63, 3.8) is 0 Å². The predicted octanol–water partition coefficient (Wildman–Crippen LogP) is 2.10. The number of esters is 1. The van der Waals surface area contributed by atoms with Crippen LogP contribution in [-0.4, -0.2) is 47.8 Å². The Morgan fingerprint density at radius 2 is 2.04 bits per heavy atom. The maximum Gasteiger partial charge on any atom is 0.340 e. The fourth-order valence-electron chi connectivity index (χ4n) is 2.01. The van der Waals surface area contributed by atoms with E-state index in [1.807, 2.05) is 0 Å². The summed E-state index contributed by atoms with van der Waals surface area (Å²) in [5, 5.41) is 2.46. The van der Waals surface area contributed by atoms with Gasteiger partial charge in [0.2, 0.25) is 0 Å². The first-order valence-electron chi connectivity index (χ1n) is 6.74. The largest absolute Gasteiger partial charge is 0.449 e. The molecule has 0 aliphatic carbocycles. The van der Waals surface area contributed by atoms with Crippen LogP contribution in [0.2, 0.25) is 0 Å². The summed E-state index contributed by atoms with van der Waals surface area (Å²) < 4.78 is 30.0. The number of amides is 3. The number of carbonyl (C=O) groups excluding carboxylic acids is 3. The fourth-order valence-corrected chi connectivity index (χ4v) is 2.64. The van der Waals surface area contributed by atoms with E-state index in [-0.39, 0.29) is 28.8 Å². The molecule has 1 saturated heterocycles. The first-order valence-corrected chi connectivity index (χ1v) is 7.62. The topological polar surface area (TPSA) is 75.7 Å². The van der Waals surface area contributed by atoms with Gasteiger partial charge in [0, 0.05) is 18.0 Å². The van der Waals surface area contributed by atoms with Gasteiger partial charge in [0.15, 0.2) is 6.10 Å². The van der Waals surface area contributed by atoms with Crippen molar-refractivity contribution in [3.8, 4) is 0 Å². The van der Waals surface area contributed by atoms with Gasteiger partial charge in [0.25, 0.3) is 11.7 Å². The standard InChI is InChI=1S/C14H14F2N2O4S/c1-8(11(19)18-7-6-17-14(18)21)22-12(20)9-4-2-3-5-10(9)23-13(15)16/h2-5,8,13H,6-7H2,1H3,(H,17,21)/t8-/m0/s1. The average molecular weight is 344 g/mol. The molecule has 6 nitrogen and oxygen atoms in total. The molecule has 1 aromatic carbocycles. The predicted molar refractivity (Wildman–Crippen MR) is 78.3 cm³/mol. The number of benzene rings is 1. The van der Waals surface area contributed by atoms with E-state index in [2.05, 4.69) is 5.32 Å². The molecule has 0 radical (unpaired) electrons. The van der Waals surface area contributed by atoms with Crippen LogP contribution in [0, 0.1) is 0 Å². The zero-order chi connectivity index (χ0) is 17.0. The number of imide groups is 1. The molecule has 1 aromatic rings. The average Bonchev–Trinajstić information content (AvgIpc) is 2.92. The summed E-state index contributed by atoms with van der Waals surface area (Å²) in [7, 11) is 0. The number of hydrogen-bond acceptors (Lipinski definition) is 5. The van der Waals surface area contributed by atoms with Crippen LogP contribution in [0.1, 0.15) is 17.3 Å². The lowest BCUT2D eigenvalue weighted by atomic mass is 10.2. The van der Waals surface area contributed by atoms with E-state index in [1.165, 1.54) is 31.2 Å². The maximum absolute atomic E-state index is 12.5. The molecule has 1 N–H and O–H groups in total. The first-order chi connectivity index (χ1) is 10.9. The molecule has 1 fully saturated rings. The van der Waals surface area contributed by atoms with Gasteiger partial charge < -0.3 is 10.1 Å². The van der Waals surface area contributed by atoms with Crippen molar-refractivity contribution >= 4 is 29.7 Å². The molecule has 124 valence electrons. The monoisotopic (exact) mass is 344 g/mol. The van der Waals surface area contributed by atoms with Gasteiger partial charge in [0.05, 0.1) is 5.56 Å². The number of urea groups is 1. The molecule has 0 spiro atoms. The smallest absolute Gasteiger partial charge is 0.340 e. The summed E-state index contributed by atoms with van der Waals surface area (Å²) >= 11 is 0.221. The number of ether oxygens (including phenoxy) is 1. The van der Waals surface area contributed by atoms with Gasteiger partial charge >= 0.3 is 12.0 Å². The number of thioether (sulfide) groups is 1. The Balaban J connectivity index is 2.06. The van der Waals surface area contributed by atoms with Gasteiger partial charge in [-0.3, -0.25) is 9.69 Å². The van der Waals surface area contributed by atoms with Gasteiger partial charge in [0.1, 0.15) is 0 Å². The van der Waals surface area contributed by atoms with Crippen molar-refractivity contribution in [2.75, 3.05) is 13.1 Å². The van der Waals surface area contributed by atoms with E-state index in [1.54, 1.807) is 0 Å². The van der Waals surface area contributed by atoms with Crippen molar-refractivity contribution in [1.29, 1.82) is 0 Å². The van der Waals surface area contributed by atoms with Gasteiger partial charge in [-0.1, -0.05) is 23.9 Å². The molecule has 0 aromatic heterocycles. The minimum atomic E-state index is -2.68. The molecule has 23 heavy (non-hydrogen) atoms. The maximum atomic E-state index is 12.5. The number of carbonyl (C=O) groups is 3. The van der Waals surface area contributed by atoms with Crippen LogP contribution in [-0.2, 0) is 9.53 Å². The summed E-state index contributed by atoms with van der Waals surface area (Å²) in [6.45, 7) is 1.85. The van der Waals surface area contributed by atoms with Crippen molar-refractivity contribution in [2.45, 2.75) is 23.7 Å². The van der Waals surface area contributed by atoms with Crippen LogP contribution in [0.3, 0.4) is 0 Å². The highest BCUT2D eigenvalue weighted by Gasteiger charge is 2.32. The SMILES string of the molecule is C[C@H](OC(=O)c1ccccc1SC(F)F)C(=O)N1CCNC1=O. The van der Waals surface area contributed by atoms with E-state index in [0.717, 1.165) is 4.90 Å². The highest BCUT2D eigenvalue weighted by Crippen LogP contribution is 2.29. The van der Waals surface area contributed by atoms with E-state index in [4.69, 9.17) is 4.74 Å². The molecular formula is C14H14F2N2O4S. The van der Waals surface area contributed by atoms with Gasteiger partial charge in [-0.15, -0.1) is 0 Å². The molecule has 1 heterocycles. The minimum Gasteiger partial charge on any atom is -0.449 e. The van der Waals surface area contributed by atoms with Crippen molar-refractivity contribution < 1.29 is 27.9 Å². The normalized spacial score (nSPS) is 15.5. The highest BCUT2D eigenvalue weighted by atomic mass is 32.2. The third-order valence-corrected chi connectivity index (χ3v) is 3.87. The Morgan fingerprint density at radius 1 is 1.35 bits per heavy atom. The Bertz CT molecular complexity index is 627. The van der Waals surface area contributed by atoms with E-state index in [9.17, 15) is 23.2 Å². The summed E-state index contributed by atoms with van der Waals surface area (Å²) in [6.07, 6.45) is -1.20. The summed E-state index contributed by atoms with van der Waals surface area (Å²) in [6, 6.07) is 5.18. The quantitative estimate of drug-likeness (QED) is 0.654. The lowest BCUT2D eigenvalue weighted by Crippen LogP contribution is -2.41. The van der Waals surface area contributed by atoms with Gasteiger partial charge in [-0.05, 0) is 19.1 Å². The second kappa shape index (κ2) is 7.40. The van der Waals surface area contributed by atoms with Crippen LogP contribution in [0.5, 0.6) is 0 Å². The number of nitrogens with one attached hydrogen (secondary N) is 1. The van der Waals surface area contributed by atoms with Crippen molar-refractivity contribution in [2.24, 2.45) is 0 Å². The second-order valence-corrected chi connectivity index (χ2v) is 5.68.